The summed E-state index contributed by atoms with van der Waals surface area (Å²) < 4.78 is 9.90. The van der Waals surface area contributed by atoms with E-state index in [1.54, 1.807) is 24.3 Å². The van der Waals surface area contributed by atoms with Crippen LogP contribution in [0.2, 0.25) is 0 Å². The van der Waals surface area contributed by atoms with Gasteiger partial charge in [0.05, 0.1) is 18.6 Å². The number of piperidine rings is 1. The summed E-state index contributed by atoms with van der Waals surface area (Å²) in [5, 5.41) is 3.20. The molecule has 0 aliphatic carbocycles. The monoisotopic (exact) mass is 263 g/mol. The second-order valence-corrected chi connectivity index (χ2v) is 4.46. The first-order chi connectivity index (χ1) is 9.20. The fourth-order valence-corrected chi connectivity index (χ4v) is 2.03. The van der Waals surface area contributed by atoms with Gasteiger partial charge in [-0.1, -0.05) is 0 Å². The largest absolute Gasteiger partial charge is 0.465 e. The molecule has 0 amide bonds. The Kier molecular flexibility index (Phi) is 4.52. The molecule has 0 spiro atoms. The average Bonchev–Trinajstić information content (AvgIpc) is 2.48. The van der Waals surface area contributed by atoms with E-state index in [1.165, 1.54) is 7.11 Å². The van der Waals surface area contributed by atoms with E-state index in [1.807, 2.05) is 0 Å². The number of esters is 2. The second kappa shape index (κ2) is 6.33. The van der Waals surface area contributed by atoms with Crippen LogP contribution in [0.1, 0.15) is 23.2 Å². The minimum absolute atomic E-state index is 0.0402. The van der Waals surface area contributed by atoms with E-state index in [4.69, 9.17) is 4.74 Å². The van der Waals surface area contributed by atoms with Gasteiger partial charge in [0, 0.05) is 0 Å². The number of hydrogen-bond acceptors (Lipinski definition) is 5. The van der Waals surface area contributed by atoms with Gasteiger partial charge in [-0.2, -0.15) is 0 Å². The van der Waals surface area contributed by atoms with Gasteiger partial charge in [-0.15, -0.1) is 0 Å². The first kappa shape index (κ1) is 13.5. The van der Waals surface area contributed by atoms with E-state index in [0.717, 1.165) is 25.9 Å². The van der Waals surface area contributed by atoms with E-state index in [0.29, 0.717) is 11.3 Å². The highest BCUT2D eigenvalue weighted by atomic mass is 16.5. The van der Waals surface area contributed by atoms with Crippen LogP contribution < -0.4 is 10.1 Å². The van der Waals surface area contributed by atoms with Crippen LogP contribution in [0.3, 0.4) is 0 Å². The lowest BCUT2D eigenvalue weighted by Crippen LogP contribution is -2.33. The Bertz CT molecular complexity index is 449. The van der Waals surface area contributed by atoms with E-state index in [-0.39, 0.29) is 11.9 Å². The summed E-state index contributed by atoms with van der Waals surface area (Å²) in [6.07, 6.45) is 1.61. The van der Waals surface area contributed by atoms with E-state index in [2.05, 4.69) is 10.1 Å². The molecule has 102 valence electrons. The quantitative estimate of drug-likeness (QED) is 0.659. The van der Waals surface area contributed by atoms with Crippen LogP contribution in [0, 0.1) is 5.92 Å². The Balaban J connectivity index is 1.95. The van der Waals surface area contributed by atoms with Crippen molar-refractivity contribution in [2.24, 2.45) is 5.92 Å². The smallest absolute Gasteiger partial charge is 0.337 e. The van der Waals surface area contributed by atoms with Crippen molar-refractivity contribution < 1.29 is 19.1 Å². The van der Waals surface area contributed by atoms with Crippen molar-refractivity contribution in [2.75, 3.05) is 20.2 Å². The molecule has 0 atom stereocenters. The number of methoxy groups -OCH3 is 1. The lowest BCUT2D eigenvalue weighted by atomic mass is 9.98. The van der Waals surface area contributed by atoms with Gasteiger partial charge in [0.15, 0.2) is 0 Å². The second-order valence-electron chi connectivity index (χ2n) is 4.46. The minimum atomic E-state index is -0.406. The SMILES string of the molecule is COC(=O)c1ccc(OC(=O)C2CCNCC2)cc1. The number of nitrogens with one attached hydrogen (secondary N) is 1. The molecule has 0 bridgehead atoms. The molecule has 0 aromatic heterocycles. The number of ether oxygens (including phenoxy) is 2. The summed E-state index contributed by atoms with van der Waals surface area (Å²) in [4.78, 5) is 23.2. The van der Waals surface area contributed by atoms with Crippen molar-refractivity contribution in [2.45, 2.75) is 12.8 Å². The molecule has 1 aromatic carbocycles. The first-order valence-corrected chi connectivity index (χ1v) is 6.31. The summed E-state index contributed by atoms with van der Waals surface area (Å²) >= 11 is 0. The Morgan fingerprint density at radius 3 is 2.37 bits per heavy atom. The number of benzene rings is 1. The normalized spacial score (nSPS) is 15.8. The van der Waals surface area contributed by atoms with Gasteiger partial charge < -0.3 is 14.8 Å². The molecule has 1 heterocycles. The first-order valence-electron chi connectivity index (χ1n) is 6.31. The van der Waals surface area contributed by atoms with Gasteiger partial charge in [0.25, 0.3) is 0 Å². The molecule has 1 aliphatic heterocycles. The Morgan fingerprint density at radius 1 is 1.16 bits per heavy atom. The molecule has 0 radical (unpaired) electrons. The molecule has 5 heteroatoms. The molecule has 1 fully saturated rings. The van der Waals surface area contributed by atoms with Crippen molar-refractivity contribution >= 4 is 11.9 Å². The molecular weight excluding hydrogens is 246 g/mol. The number of carbonyl (C=O) groups is 2. The third kappa shape index (κ3) is 3.54. The molecule has 5 nitrogen and oxygen atoms in total. The summed E-state index contributed by atoms with van der Waals surface area (Å²) in [6.45, 7) is 1.70. The third-order valence-corrected chi connectivity index (χ3v) is 3.17. The average molecular weight is 263 g/mol. The summed E-state index contributed by atoms with van der Waals surface area (Å²) in [5.74, 6) is -0.193. The summed E-state index contributed by atoms with van der Waals surface area (Å²) in [6, 6.07) is 6.37. The standard InChI is InChI=1S/C14H17NO4/c1-18-13(16)10-2-4-12(5-3-10)19-14(17)11-6-8-15-9-7-11/h2-5,11,15H,6-9H2,1H3. The zero-order valence-electron chi connectivity index (χ0n) is 10.8. The van der Waals surface area contributed by atoms with Gasteiger partial charge in [-0.05, 0) is 50.2 Å². The highest BCUT2D eigenvalue weighted by Gasteiger charge is 2.22. The van der Waals surface area contributed by atoms with Crippen LogP contribution >= 0.6 is 0 Å². The lowest BCUT2D eigenvalue weighted by molar-refractivity contribution is -0.139. The fourth-order valence-electron chi connectivity index (χ4n) is 2.03. The van der Waals surface area contributed by atoms with Gasteiger partial charge in [-0.3, -0.25) is 4.79 Å². The van der Waals surface area contributed by atoms with Crippen LogP contribution in [-0.4, -0.2) is 32.1 Å². The van der Waals surface area contributed by atoms with Crippen LogP contribution in [0.4, 0.5) is 0 Å². The highest BCUT2D eigenvalue weighted by Crippen LogP contribution is 2.18. The van der Waals surface area contributed by atoms with Crippen molar-refractivity contribution in [3.8, 4) is 5.75 Å². The topological polar surface area (TPSA) is 64.6 Å². The molecular formula is C14H17NO4. The molecule has 0 saturated carbocycles. The maximum absolute atomic E-state index is 11.9. The molecule has 19 heavy (non-hydrogen) atoms. The van der Waals surface area contributed by atoms with Crippen LogP contribution in [0.5, 0.6) is 5.75 Å². The number of hydrogen-bond donors (Lipinski definition) is 1. The van der Waals surface area contributed by atoms with Crippen LogP contribution in [0.15, 0.2) is 24.3 Å². The summed E-state index contributed by atoms with van der Waals surface area (Å²) in [5.41, 5.74) is 0.434. The summed E-state index contributed by atoms with van der Waals surface area (Å²) in [7, 11) is 1.33. The third-order valence-electron chi connectivity index (χ3n) is 3.17. The van der Waals surface area contributed by atoms with Crippen molar-refractivity contribution in [1.82, 2.24) is 5.32 Å². The Morgan fingerprint density at radius 2 is 1.79 bits per heavy atom. The van der Waals surface area contributed by atoms with Crippen molar-refractivity contribution in [1.29, 1.82) is 0 Å². The van der Waals surface area contributed by atoms with Crippen LogP contribution in [-0.2, 0) is 9.53 Å². The highest BCUT2D eigenvalue weighted by molar-refractivity contribution is 5.89. The fraction of sp³-hybridized carbons (Fsp3) is 0.429. The van der Waals surface area contributed by atoms with E-state index >= 15 is 0 Å². The van der Waals surface area contributed by atoms with Gasteiger partial charge in [0.1, 0.15) is 5.75 Å². The predicted molar refractivity (Wildman–Crippen MR) is 69.0 cm³/mol. The zero-order valence-corrected chi connectivity index (χ0v) is 10.8. The van der Waals surface area contributed by atoms with E-state index in [9.17, 15) is 9.59 Å². The molecule has 1 N–H and O–H groups in total. The van der Waals surface area contributed by atoms with Crippen molar-refractivity contribution in [3.63, 3.8) is 0 Å². The molecule has 0 unspecified atom stereocenters. The maximum atomic E-state index is 11.9. The predicted octanol–water partition coefficient (Wildman–Crippen LogP) is 1.38. The molecule has 1 aromatic rings. The van der Waals surface area contributed by atoms with Crippen molar-refractivity contribution in [3.05, 3.63) is 29.8 Å². The molecule has 2 rings (SSSR count). The minimum Gasteiger partial charge on any atom is -0.465 e. The molecule has 1 aliphatic rings. The van der Waals surface area contributed by atoms with Gasteiger partial charge >= 0.3 is 11.9 Å². The Hall–Kier alpha value is -1.88. The molecule has 1 saturated heterocycles. The van der Waals surface area contributed by atoms with Gasteiger partial charge in [-0.25, -0.2) is 4.79 Å². The van der Waals surface area contributed by atoms with Gasteiger partial charge in [0.2, 0.25) is 0 Å². The lowest BCUT2D eigenvalue weighted by Gasteiger charge is -2.20. The maximum Gasteiger partial charge on any atom is 0.337 e. The Labute approximate surface area is 111 Å². The van der Waals surface area contributed by atoms with Crippen LogP contribution in [0.25, 0.3) is 0 Å². The number of carbonyl (C=O) groups excluding carboxylic acids is 2. The van der Waals surface area contributed by atoms with E-state index < -0.39 is 5.97 Å². The zero-order chi connectivity index (χ0) is 13.7. The number of rotatable bonds is 3.